The van der Waals surface area contributed by atoms with Crippen LogP contribution in [0.2, 0.25) is 0 Å². The highest BCUT2D eigenvalue weighted by Crippen LogP contribution is 2.14. The normalized spacial score (nSPS) is 12.3. The molecule has 0 heterocycles. The lowest BCUT2D eigenvalue weighted by molar-refractivity contribution is 0.0932. The van der Waals surface area contributed by atoms with Crippen LogP contribution in [0.5, 0.6) is 0 Å². The zero-order valence-electron chi connectivity index (χ0n) is 11.4. The predicted octanol–water partition coefficient (Wildman–Crippen LogP) is 2.90. The lowest BCUT2D eigenvalue weighted by Crippen LogP contribution is -2.39. The summed E-state index contributed by atoms with van der Waals surface area (Å²) in [6.07, 6.45) is 0. The van der Waals surface area contributed by atoms with Crippen LogP contribution in [0.4, 0.5) is 5.69 Å². The molecular weight excluding hydrogens is 292 g/mol. The van der Waals surface area contributed by atoms with Crippen molar-refractivity contribution in [3.05, 3.63) is 29.8 Å². The fourth-order valence-corrected chi connectivity index (χ4v) is 2.47. The fraction of sp³-hybridized carbons (Fsp3) is 0.500. The van der Waals surface area contributed by atoms with Gasteiger partial charge in [0.1, 0.15) is 0 Å². The van der Waals surface area contributed by atoms with Crippen molar-refractivity contribution in [1.82, 2.24) is 5.32 Å². The highest BCUT2D eigenvalue weighted by atomic mass is 79.9. The first kappa shape index (κ1) is 15.0. The number of rotatable bonds is 5. The molecule has 1 N–H and O–H groups in total. The molecule has 0 fully saturated rings. The van der Waals surface area contributed by atoms with E-state index in [1.165, 1.54) is 0 Å². The Bertz CT molecular complexity index is 405. The highest BCUT2D eigenvalue weighted by molar-refractivity contribution is 9.09. The van der Waals surface area contributed by atoms with Crippen LogP contribution in [0, 0.1) is 5.92 Å². The summed E-state index contributed by atoms with van der Waals surface area (Å²) in [6, 6.07) is 7.79. The second kappa shape index (κ2) is 6.78. The van der Waals surface area contributed by atoms with Crippen molar-refractivity contribution in [3.63, 3.8) is 0 Å². The molecule has 0 spiro atoms. The molecule has 1 unspecified atom stereocenters. The maximum absolute atomic E-state index is 12.1. The molecule has 0 aliphatic heterocycles. The quantitative estimate of drug-likeness (QED) is 0.848. The summed E-state index contributed by atoms with van der Waals surface area (Å²) in [5.41, 5.74) is 1.73. The maximum atomic E-state index is 12.1. The molecule has 1 rings (SSSR count). The van der Waals surface area contributed by atoms with E-state index in [2.05, 4.69) is 35.1 Å². The van der Waals surface area contributed by atoms with Gasteiger partial charge in [-0.25, -0.2) is 0 Å². The number of anilines is 1. The summed E-state index contributed by atoms with van der Waals surface area (Å²) in [7, 11) is 3.93. The average molecular weight is 313 g/mol. The van der Waals surface area contributed by atoms with Gasteiger partial charge >= 0.3 is 0 Å². The second-order valence-electron chi connectivity index (χ2n) is 4.92. The molecule has 3 nitrogen and oxygen atoms in total. The number of carbonyl (C=O) groups excluding carboxylic acids is 1. The zero-order chi connectivity index (χ0) is 13.7. The molecular formula is C14H21BrN2O. The van der Waals surface area contributed by atoms with Crippen molar-refractivity contribution in [2.24, 2.45) is 5.92 Å². The van der Waals surface area contributed by atoms with Gasteiger partial charge in [-0.15, -0.1) is 0 Å². The SMILES string of the molecule is CC(C)C(CBr)NC(=O)c1cccc(N(C)C)c1. The Balaban J connectivity index is 2.81. The average Bonchev–Trinajstić information content (AvgIpc) is 2.35. The van der Waals surface area contributed by atoms with Gasteiger partial charge in [0.15, 0.2) is 0 Å². The molecule has 0 saturated heterocycles. The third kappa shape index (κ3) is 4.02. The Morgan fingerprint density at radius 1 is 1.39 bits per heavy atom. The van der Waals surface area contributed by atoms with Gasteiger partial charge in [0.2, 0.25) is 0 Å². The smallest absolute Gasteiger partial charge is 0.251 e. The maximum Gasteiger partial charge on any atom is 0.251 e. The molecule has 0 aromatic heterocycles. The minimum Gasteiger partial charge on any atom is -0.378 e. The largest absolute Gasteiger partial charge is 0.378 e. The van der Waals surface area contributed by atoms with Crippen molar-refractivity contribution >= 4 is 27.5 Å². The molecule has 0 aliphatic rings. The molecule has 1 amide bonds. The van der Waals surface area contributed by atoms with Gasteiger partial charge < -0.3 is 10.2 Å². The van der Waals surface area contributed by atoms with E-state index in [1.54, 1.807) is 0 Å². The summed E-state index contributed by atoms with van der Waals surface area (Å²) >= 11 is 3.43. The van der Waals surface area contributed by atoms with Gasteiger partial charge in [-0.3, -0.25) is 4.79 Å². The van der Waals surface area contributed by atoms with Crippen LogP contribution in [-0.2, 0) is 0 Å². The summed E-state index contributed by atoms with van der Waals surface area (Å²) in [4.78, 5) is 14.1. The number of alkyl halides is 1. The van der Waals surface area contributed by atoms with Gasteiger partial charge in [0.25, 0.3) is 5.91 Å². The van der Waals surface area contributed by atoms with Crippen LogP contribution in [0.15, 0.2) is 24.3 Å². The molecule has 1 aromatic carbocycles. The number of halogens is 1. The summed E-state index contributed by atoms with van der Waals surface area (Å²) in [6.45, 7) is 4.20. The second-order valence-corrected chi connectivity index (χ2v) is 5.57. The standard InChI is InChI=1S/C14H21BrN2O/c1-10(2)13(9-15)16-14(18)11-6-5-7-12(8-11)17(3)4/h5-8,10,13H,9H2,1-4H3,(H,16,18). The van der Waals surface area contributed by atoms with E-state index >= 15 is 0 Å². The Morgan fingerprint density at radius 3 is 2.56 bits per heavy atom. The number of amides is 1. The lowest BCUT2D eigenvalue weighted by Gasteiger charge is -2.20. The molecule has 4 heteroatoms. The third-order valence-corrected chi connectivity index (χ3v) is 3.61. The summed E-state index contributed by atoms with van der Waals surface area (Å²) < 4.78 is 0. The van der Waals surface area contributed by atoms with E-state index in [-0.39, 0.29) is 11.9 Å². The number of nitrogens with one attached hydrogen (secondary N) is 1. The lowest BCUT2D eigenvalue weighted by atomic mass is 10.1. The molecule has 0 radical (unpaired) electrons. The first-order valence-electron chi connectivity index (χ1n) is 6.10. The highest BCUT2D eigenvalue weighted by Gasteiger charge is 2.16. The number of hydrogen-bond acceptors (Lipinski definition) is 2. The minimum atomic E-state index is -0.0168. The van der Waals surface area contributed by atoms with E-state index in [4.69, 9.17) is 0 Å². The Labute approximate surface area is 118 Å². The molecule has 0 aliphatic carbocycles. The van der Waals surface area contributed by atoms with Gasteiger partial charge in [0.05, 0.1) is 0 Å². The summed E-state index contributed by atoms with van der Waals surface area (Å²) in [5, 5.41) is 3.81. The summed E-state index contributed by atoms with van der Waals surface area (Å²) in [5.74, 6) is 0.391. The molecule has 100 valence electrons. The van der Waals surface area contributed by atoms with Crippen LogP contribution in [0.1, 0.15) is 24.2 Å². The first-order chi connectivity index (χ1) is 8.45. The van der Waals surface area contributed by atoms with Crippen LogP contribution >= 0.6 is 15.9 Å². The molecule has 18 heavy (non-hydrogen) atoms. The van der Waals surface area contributed by atoms with Crippen LogP contribution in [-0.4, -0.2) is 31.4 Å². The number of hydrogen-bond donors (Lipinski definition) is 1. The van der Waals surface area contributed by atoms with Gasteiger partial charge in [-0.1, -0.05) is 35.8 Å². The fourth-order valence-electron chi connectivity index (χ4n) is 1.56. The van der Waals surface area contributed by atoms with Gasteiger partial charge in [-0.2, -0.15) is 0 Å². The van der Waals surface area contributed by atoms with Crippen LogP contribution < -0.4 is 10.2 Å². The Kier molecular flexibility index (Phi) is 5.66. The molecule has 1 atom stereocenters. The first-order valence-corrected chi connectivity index (χ1v) is 7.22. The molecule has 0 saturated carbocycles. The molecule has 1 aromatic rings. The Morgan fingerprint density at radius 2 is 2.06 bits per heavy atom. The third-order valence-electron chi connectivity index (χ3n) is 2.91. The zero-order valence-corrected chi connectivity index (χ0v) is 13.0. The van der Waals surface area contributed by atoms with Crippen molar-refractivity contribution in [1.29, 1.82) is 0 Å². The van der Waals surface area contributed by atoms with Crippen molar-refractivity contribution in [3.8, 4) is 0 Å². The van der Waals surface area contributed by atoms with E-state index in [0.29, 0.717) is 11.5 Å². The van der Waals surface area contributed by atoms with Crippen molar-refractivity contribution in [2.75, 3.05) is 24.3 Å². The van der Waals surface area contributed by atoms with Gasteiger partial charge in [0, 0.05) is 36.7 Å². The minimum absolute atomic E-state index is 0.0168. The molecule has 0 bridgehead atoms. The van der Waals surface area contributed by atoms with Crippen LogP contribution in [0.25, 0.3) is 0 Å². The van der Waals surface area contributed by atoms with E-state index in [1.807, 2.05) is 43.3 Å². The van der Waals surface area contributed by atoms with Crippen LogP contribution in [0.3, 0.4) is 0 Å². The number of benzene rings is 1. The monoisotopic (exact) mass is 312 g/mol. The van der Waals surface area contributed by atoms with E-state index < -0.39 is 0 Å². The van der Waals surface area contributed by atoms with Crippen molar-refractivity contribution < 1.29 is 4.79 Å². The number of nitrogens with zero attached hydrogens (tertiary/aromatic N) is 1. The van der Waals surface area contributed by atoms with E-state index in [9.17, 15) is 4.79 Å². The predicted molar refractivity (Wildman–Crippen MR) is 80.7 cm³/mol. The van der Waals surface area contributed by atoms with E-state index in [0.717, 1.165) is 11.0 Å². The topological polar surface area (TPSA) is 32.3 Å². The Hall–Kier alpha value is -1.03. The van der Waals surface area contributed by atoms with Gasteiger partial charge in [-0.05, 0) is 24.1 Å². The van der Waals surface area contributed by atoms with Crippen molar-refractivity contribution in [2.45, 2.75) is 19.9 Å². The number of carbonyl (C=O) groups is 1.